The summed E-state index contributed by atoms with van der Waals surface area (Å²) in [5.41, 5.74) is 1.12. The third-order valence-corrected chi connectivity index (χ3v) is 6.13. The van der Waals surface area contributed by atoms with E-state index >= 15 is 0 Å². The molecular formula is C26H42O5. The molecule has 0 spiro atoms. The highest BCUT2D eigenvalue weighted by atomic mass is 16.8. The summed E-state index contributed by atoms with van der Waals surface area (Å²) < 4.78 is 31.1. The molecule has 2 aliphatic heterocycles. The predicted octanol–water partition coefficient (Wildman–Crippen LogP) is 5.99. The zero-order valence-corrected chi connectivity index (χ0v) is 19.9. The molecule has 2 saturated heterocycles. The SMILES string of the molecule is CCCCCCCCCCOC1O[C@@H](C)[C@H]2OC(C)(C)O[C@H]2[C@@H]1OCc1ccccc1. The minimum absolute atomic E-state index is 0.105. The molecule has 0 N–H and O–H groups in total. The number of hydrogen-bond donors (Lipinski definition) is 0. The first-order valence-electron chi connectivity index (χ1n) is 12.3. The number of unbranched alkanes of at least 4 members (excludes halogenated alkanes) is 7. The molecule has 31 heavy (non-hydrogen) atoms. The van der Waals surface area contributed by atoms with Crippen molar-refractivity contribution in [3.8, 4) is 0 Å². The molecule has 5 heteroatoms. The lowest BCUT2D eigenvalue weighted by Gasteiger charge is -2.40. The maximum atomic E-state index is 6.32. The van der Waals surface area contributed by atoms with E-state index in [1.807, 2.05) is 39.0 Å². The molecule has 0 amide bonds. The number of benzene rings is 1. The van der Waals surface area contributed by atoms with Crippen LogP contribution in [0.4, 0.5) is 0 Å². The van der Waals surface area contributed by atoms with Gasteiger partial charge in [0.15, 0.2) is 12.1 Å². The van der Waals surface area contributed by atoms with Crippen LogP contribution in [0.2, 0.25) is 0 Å². The van der Waals surface area contributed by atoms with Crippen molar-refractivity contribution in [1.29, 1.82) is 0 Å². The van der Waals surface area contributed by atoms with Gasteiger partial charge in [0.2, 0.25) is 0 Å². The third kappa shape index (κ3) is 7.54. The van der Waals surface area contributed by atoms with Crippen LogP contribution >= 0.6 is 0 Å². The van der Waals surface area contributed by atoms with Crippen molar-refractivity contribution in [3.63, 3.8) is 0 Å². The lowest BCUT2D eigenvalue weighted by Crippen LogP contribution is -2.57. The fourth-order valence-corrected chi connectivity index (χ4v) is 4.47. The van der Waals surface area contributed by atoms with E-state index in [1.54, 1.807) is 0 Å². The third-order valence-electron chi connectivity index (χ3n) is 6.13. The molecule has 5 nitrogen and oxygen atoms in total. The predicted molar refractivity (Wildman–Crippen MR) is 122 cm³/mol. The quantitative estimate of drug-likeness (QED) is 0.357. The maximum absolute atomic E-state index is 6.32. The van der Waals surface area contributed by atoms with Gasteiger partial charge in [-0.3, -0.25) is 0 Å². The summed E-state index contributed by atoms with van der Waals surface area (Å²) >= 11 is 0. The Hall–Kier alpha value is -0.980. The van der Waals surface area contributed by atoms with Gasteiger partial charge < -0.3 is 23.7 Å². The van der Waals surface area contributed by atoms with E-state index < -0.39 is 12.1 Å². The Kier molecular flexibility index (Phi) is 9.79. The summed E-state index contributed by atoms with van der Waals surface area (Å²) in [5, 5.41) is 0. The largest absolute Gasteiger partial charge is 0.365 e. The van der Waals surface area contributed by atoms with Gasteiger partial charge in [-0.2, -0.15) is 0 Å². The summed E-state index contributed by atoms with van der Waals surface area (Å²) in [5.74, 6) is -0.645. The summed E-state index contributed by atoms with van der Waals surface area (Å²) in [7, 11) is 0. The molecule has 0 bridgehead atoms. The van der Waals surface area contributed by atoms with Crippen LogP contribution in [0.3, 0.4) is 0 Å². The van der Waals surface area contributed by atoms with Gasteiger partial charge in [-0.1, -0.05) is 82.2 Å². The second kappa shape index (κ2) is 12.3. The molecule has 0 saturated carbocycles. The van der Waals surface area contributed by atoms with Gasteiger partial charge in [-0.05, 0) is 32.8 Å². The second-order valence-electron chi connectivity index (χ2n) is 9.38. The first-order chi connectivity index (χ1) is 15.0. The fourth-order valence-electron chi connectivity index (χ4n) is 4.47. The molecule has 0 radical (unpaired) electrons. The average molecular weight is 435 g/mol. The van der Waals surface area contributed by atoms with Crippen molar-refractivity contribution >= 4 is 0 Å². The highest BCUT2D eigenvalue weighted by Gasteiger charge is 2.54. The van der Waals surface area contributed by atoms with Crippen molar-refractivity contribution in [2.75, 3.05) is 6.61 Å². The molecule has 2 fully saturated rings. The Bertz CT molecular complexity index is 619. The van der Waals surface area contributed by atoms with Crippen molar-refractivity contribution in [2.45, 2.75) is 122 Å². The Labute approximate surface area is 188 Å². The van der Waals surface area contributed by atoms with Crippen molar-refractivity contribution in [2.24, 2.45) is 0 Å². The van der Waals surface area contributed by atoms with Crippen LogP contribution in [0, 0.1) is 0 Å². The molecule has 5 atom stereocenters. The first kappa shape index (κ1) is 24.7. The van der Waals surface area contributed by atoms with E-state index in [9.17, 15) is 0 Å². The Morgan fingerprint density at radius 3 is 2.19 bits per heavy atom. The van der Waals surface area contributed by atoms with Gasteiger partial charge in [0.25, 0.3) is 0 Å². The van der Waals surface area contributed by atoms with Crippen LogP contribution < -0.4 is 0 Å². The molecule has 1 unspecified atom stereocenters. The highest BCUT2D eigenvalue weighted by molar-refractivity contribution is 5.13. The molecule has 1 aromatic rings. The summed E-state index contributed by atoms with van der Waals surface area (Å²) in [6.07, 6.45) is 8.99. The van der Waals surface area contributed by atoms with Crippen LogP contribution in [0.25, 0.3) is 0 Å². The molecule has 2 aliphatic rings. The van der Waals surface area contributed by atoms with Crippen LogP contribution in [-0.4, -0.2) is 43.1 Å². The monoisotopic (exact) mass is 434 g/mol. The molecule has 176 valence electrons. The van der Waals surface area contributed by atoms with Crippen LogP contribution in [-0.2, 0) is 30.3 Å². The normalized spacial score (nSPS) is 29.7. The topological polar surface area (TPSA) is 46.2 Å². The van der Waals surface area contributed by atoms with E-state index in [-0.39, 0.29) is 24.4 Å². The van der Waals surface area contributed by atoms with E-state index in [0.29, 0.717) is 13.2 Å². The van der Waals surface area contributed by atoms with Gasteiger partial charge in [0, 0.05) is 6.61 Å². The number of hydrogen-bond acceptors (Lipinski definition) is 5. The number of ether oxygens (including phenoxy) is 5. The standard InChI is InChI=1S/C26H42O5/c1-5-6-7-8-9-10-11-15-18-27-25-24(28-19-21-16-13-12-14-17-21)23-22(20(2)29-25)30-26(3,4)31-23/h12-14,16-17,20,22-25H,5-11,15,18-19H2,1-4H3/t20-,22+,23+,24-,25?/m0/s1. The Morgan fingerprint density at radius 2 is 1.48 bits per heavy atom. The van der Waals surface area contributed by atoms with Crippen LogP contribution in [0.5, 0.6) is 0 Å². The van der Waals surface area contributed by atoms with E-state index in [1.165, 1.54) is 44.9 Å². The van der Waals surface area contributed by atoms with Gasteiger partial charge >= 0.3 is 0 Å². The Morgan fingerprint density at radius 1 is 0.839 bits per heavy atom. The lowest BCUT2D eigenvalue weighted by atomic mass is 9.99. The minimum atomic E-state index is -0.645. The lowest BCUT2D eigenvalue weighted by molar-refractivity contribution is -0.286. The van der Waals surface area contributed by atoms with Crippen molar-refractivity contribution in [3.05, 3.63) is 35.9 Å². The minimum Gasteiger partial charge on any atom is -0.365 e. The molecule has 0 aromatic heterocycles. The van der Waals surface area contributed by atoms with E-state index in [4.69, 9.17) is 23.7 Å². The van der Waals surface area contributed by atoms with Crippen LogP contribution in [0.1, 0.15) is 84.6 Å². The summed E-state index contributed by atoms with van der Waals surface area (Å²) in [6, 6.07) is 10.2. The number of fused-ring (bicyclic) bond motifs is 1. The first-order valence-corrected chi connectivity index (χ1v) is 12.3. The number of rotatable bonds is 13. The van der Waals surface area contributed by atoms with Crippen molar-refractivity contribution in [1.82, 2.24) is 0 Å². The Balaban J connectivity index is 1.50. The summed E-state index contributed by atoms with van der Waals surface area (Å²) in [6.45, 7) is 9.36. The fraction of sp³-hybridized carbons (Fsp3) is 0.769. The molecular weight excluding hydrogens is 392 g/mol. The van der Waals surface area contributed by atoms with Gasteiger partial charge in [0.1, 0.15) is 18.3 Å². The zero-order valence-electron chi connectivity index (χ0n) is 19.9. The van der Waals surface area contributed by atoms with Crippen molar-refractivity contribution < 1.29 is 23.7 Å². The van der Waals surface area contributed by atoms with E-state index in [2.05, 4.69) is 19.1 Å². The van der Waals surface area contributed by atoms with Gasteiger partial charge in [-0.25, -0.2) is 0 Å². The highest BCUT2D eigenvalue weighted by Crippen LogP contribution is 2.39. The molecule has 2 heterocycles. The molecule has 3 rings (SSSR count). The second-order valence-corrected chi connectivity index (χ2v) is 9.38. The molecule has 1 aromatic carbocycles. The van der Waals surface area contributed by atoms with Gasteiger partial charge in [0.05, 0.1) is 12.7 Å². The smallest absolute Gasteiger partial charge is 0.186 e. The maximum Gasteiger partial charge on any atom is 0.186 e. The van der Waals surface area contributed by atoms with Gasteiger partial charge in [-0.15, -0.1) is 0 Å². The van der Waals surface area contributed by atoms with E-state index in [0.717, 1.165) is 12.0 Å². The van der Waals surface area contributed by atoms with Crippen LogP contribution in [0.15, 0.2) is 30.3 Å². The molecule has 0 aliphatic carbocycles. The summed E-state index contributed by atoms with van der Waals surface area (Å²) in [4.78, 5) is 0. The average Bonchev–Trinajstić information content (AvgIpc) is 3.08. The zero-order chi connectivity index (χ0) is 22.1.